The minimum absolute atomic E-state index is 0.156. The van der Waals surface area contributed by atoms with Crippen molar-refractivity contribution in [2.75, 3.05) is 24.0 Å². The summed E-state index contributed by atoms with van der Waals surface area (Å²) < 4.78 is 10.8. The van der Waals surface area contributed by atoms with Crippen LogP contribution in [-0.2, 0) is 11.2 Å². The topological polar surface area (TPSA) is 102 Å². The van der Waals surface area contributed by atoms with Gasteiger partial charge < -0.3 is 19.8 Å². The summed E-state index contributed by atoms with van der Waals surface area (Å²) in [5, 5.41) is 6.84. The zero-order valence-electron chi connectivity index (χ0n) is 17.5. The Morgan fingerprint density at radius 2 is 1.94 bits per heavy atom. The largest absolute Gasteiger partial charge is 0.497 e. The van der Waals surface area contributed by atoms with Crippen LogP contribution in [0.3, 0.4) is 0 Å². The lowest BCUT2D eigenvalue weighted by Gasteiger charge is -2.15. The van der Waals surface area contributed by atoms with E-state index in [2.05, 4.69) is 25.6 Å². The predicted molar refractivity (Wildman–Crippen MR) is 124 cm³/mol. The van der Waals surface area contributed by atoms with Gasteiger partial charge in [0.05, 0.1) is 31.2 Å². The Labute approximate surface area is 189 Å². The van der Waals surface area contributed by atoms with Crippen LogP contribution in [0.1, 0.15) is 5.56 Å². The molecule has 0 aliphatic carbocycles. The van der Waals surface area contributed by atoms with E-state index in [1.165, 1.54) is 11.8 Å². The van der Waals surface area contributed by atoms with Crippen molar-refractivity contribution in [3.63, 3.8) is 0 Å². The zero-order chi connectivity index (χ0) is 22.3. The normalized spacial score (nSPS) is 10.6. The number of methoxy groups -OCH3 is 1. The van der Waals surface area contributed by atoms with Crippen molar-refractivity contribution in [2.45, 2.75) is 11.6 Å². The van der Waals surface area contributed by atoms with E-state index in [0.29, 0.717) is 39.6 Å². The minimum atomic E-state index is -0.156. The summed E-state index contributed by atoms with van der Waals surface area (Å²) >= 11 is 1.43. The molecule has 0 radical (unpaired) electrons. The number of amides is 1. The molecule has 0 bridgehead atoms. The summed E-state index contributed by atoms with van der Waals surface area (Å²) in [7, 11) is 1.58. The van der Waals surface area contributed by atoms with Gasteiger partial charge in [-0.15, -0.1) is 0 Å². The van der Waals surface area contributed by atoms with Crippen LogP contribution < -0.4 is 15.4 Å². The van der Waals surface area contributed by atoms with Crippen LogP contribution in [0.25, 0.3) is 11.5 Å². The minimum Gasteiger partial charge on any atom is -0.497 e. The van der Waals surface area contributed by atoms with Crippen LogP contribution >= 0.6 is 11.8 Å². The first-order valence-electron chi connectivity index (χ1n) is 9.75. The average molecular weight is 448 g/mol. The molecule has 8 nitrogen and oxygen atoms in total. The van der Waals surface area contributed by atoms with Crippen LogP contribution in [0, 0.1) is 0 Å². The van der Waals surface area contributed by atoms with Gasteiger partial charge >= 0.3 is 0 Å². The highest BCUT2D eigenvalue weighted by atomic mass is 32.2. The Morgan fingerprint density at radius 1 is 1.09 bits per heavy atom. The smallest absolute Gasteiger partial charge is 0.228 e. The van der Waals surface area contributed by atoms with Crippen molar-refractivity contribution in [3.8, 4) is 17.2 Å². The lowest BCUT2D eigenvalue weighted by atomic mass is 10.2. The molecule has 3 aromatic heterocycles. The van der Waals surface area contributed by atoms with Gasteiger partial charge in [-0.1, -0.05) is 11.8 Å². The molecular formula is C23H21N5O3S. The highest BCUT2D eigenvalue weighted by molar-refractivity contribution is 7.98. The van der Waals surface area contributed by atoms with Crippen molar-refractivity contribution in [2.24, 2.45) is 0 Å². The first-order chi connectivity index (χ1) is 15.6. The molecule has 3 heterocycles. The number of pyridine rings is 1. The maximum absolute atomic E-state index is 12.7. The maximum Gasteiger partial charge on any atom is 0.228 e. The van der Waals surface area contributed by atoms with Gasteiger partial charge in [-0.05, 0) is 48.2 Å². The number of carbonyl (C=O) groups excluding carboxylic acids is 1. The first-order valence-corrected chi connectivity index (χ1v) is 11.0. The van der Waals surface area contributed by atoms with Gasteiger partial charge in [-0.2, -0.15) is 0 Å². The van der Waals surface area contributed by atoms with E-state index in [9.17, 15) is 4.79 Å². The van der Waals surface area contributed by atoms with E-state index in [4.69, 9.17) is 9.15 Å². The second kappa shape index (κ2) is 9.97. The van der Waals surface area contributed by atoms with Gasteiger partial charge in [0.15, 0.2) is 10.9 Å². The summed E-state index contributed by atoms with van der Waals surface area (Å²) in [5.74, 6) is 1.69. The number of aromatic nitrogens is 3. The van der Waals surface area contributed by atoms with Crippen LogP contribution in [-0.4, -0.2) is 34.2 Å². The van der Waals surface area contributed by atoms with E-state index in [0.717, 1.165) is 5.56 Å². The summed E-state index contributed by atoms with van der Waals surface area (Å²) in [6.45, 7) is 0. The van der Waals surface area contributed by atoms with Crippen molar-refractivity contribution in [1.82, 2.24) is 15.0 Å². The summed E-state index contributed by atoms with van der Waals surface area (Å²) in [6.07, 6.45) is 7.06. The number of thioether (sulfide) groups is 1. The maximum atomic E-state index is 12.7. The molecule has 0 aliphatic heterocycles. The lowest BCUT2D eigenvalue weighted by molar-refractivity contribution is -0.115. The third-order valence-electron chi connectivity index (χ3n) is 4.54. The molecular weight excluding hydrogens is 426 g/mol. The number of carbonyl (C=O) groups is 1. The Balaban J connectivity index is 1.61. The molecule has 0 aliphatic rings. The number of hydrogen-bond donors (Lipinski definition) is 2. The summed E-state index contributed by atoms with van der Waals surface area (Å²) in [6, 6.07) is 14.5. The van der Waals surface area contributed by atoms with Crippen molar-refractivity contribution in [1.29, 1.82) is 0 Å². The number of ether oxygens (including phenoxy) is 1. The zero-order valence-corrected chi connectivity index (χ0v) is 18.3. The van der Waals surface area contributed by atoms with Crippen LogP contribution in [0.15, 0.2) is 76.8 Å². The van der Waals surface area contributed by atoms with E-state index < -0.39 is 0 Å². The van der Waals surface area contributed by atoms with Gasteiger partial charge in [-0.3, -0.25) is 9.78 Å². The standard InChI is InChI=1S/C23H21N5O3S/c1-30-16-5-6-17(18(13-16)26-22(29)12-15-7-9-24-10-8-15)25-21-14-19(20-4-3-11-31-20)27-23(28-21)32-2/h3-11,13-14H,12H2,1-2H3,(H,26,29)(H,25,27,28). The first kappa shape index (κ1) is 21.4. The molecule has 2 N–H and O–H groups in total. The third kappa shape index (κ3) is 5.25. The van der Waals surface area contributed by atoms with Gasteiger partial charge in [-0.25, -0.2) is 9.97 Å². The van der Waals surface area contributed by atoms with Crippen LogP contribution in [0.2, 0.25) is 0 Å². The number of benzene rings is 1. The third-order valence-corrected chi connectivity index (χ3v) is 5.09. The number of nitrogens with zero attached hydrogens (tertiary/aromatic N) is 3. The van der Waals surface area contributed by atoms with E-state index in [-0.39, 0.29) is 12.3 Å². The quantitative estimate of drug-likeness (QED) is 0.294. The molecule has 4 rings (SSSR count). The van der Waals surface area contributed by atoms with Crippen molar-refractivity contribution in [3.05, 3.63) is 72.8 Å². The van der Waals surface area contributed by atoms with Gasteiger partial charge in [0.25, 0.3) is 0 Å². The Kier molecular flexibility index (Phi) is 6.66. The van der Waals surface area contributed by atoms with Gasteiger partial charge in [0.2, 0.25) is 5.91 Å². The number of anilines is 3. The van der Waals surface area contributed by atoms with Crippen LogP contribution in [0.5, 0.6) is 5.75 Å². The van der Waals surface area contributed by atoms with Crippen LogP contribution in [0.4, 0.5) is 17.2 Å². The number of furan rings is 1. The van der Waals surface area contributed by atoms with Gasteiger partial charge in [0.1, 0.15) is 17.3 Å². The summed E-state index contributed by atoms with van der Waals surface area (Å²) in [5.41, 5.74) is 2.78. The fourth-order valence-corrected chi connectivity index (χ4v) is 3.39. The highest BCUT2D eigenvalue weighted by Crippen LogP contribution is 2.31. The van der Waals surface area contributed by atoms with E-state index in [1.807, 2.05) is 42.7 Å². The second-order valence-corrected chi connectivity index (χ2v) is 7.49. The van der Waals surface area contributed by atoms with Gasteiger partial charge in [0, 0.05) is 24.5 Å². The molecule has 9 heteroatoms. The molecule has 1 amide bonds. The molecule has 0 unspecified atom stereocenters. The molecule has 0 atom stereocenters. The molecule has 162 valence electrons. The number of rotatable bonds is 8. The lowest BCUT2D eigenvalue weighted by Crippen LogP contribution is -2.15. The fraction of sp³-hybridized carbons (Fsp3) is 0.130. The molecule has 4 aromatic rings. The van der Waals surface area contributed by atoms with E-state index in [1.54, 1.807) is 37.9 Å². The molecule has 0 saturated heterocycles. The Morgan fingerprint density at radius 3 is 2.66 bits per heavy atom. The van der Waals surface area contributed by atoms with E-state index >= 15 is 0 Å². The molecule has 0 spiro atoms. The summed E-state index contributed by atoms with van der Waals surface area (Å²) in [4.78, 5) is 25.7. The SMILES string of the molecule is COc1ccc(Nc2cc(-c3ccco3)nc(SC)n2)c(NC(=O)Cc2ccncc2)c1. The Bertz CT molecular complexity index is 1200. The molecule has 1 aromatic carbocycles. The predicted octanol–water partition coefficient (Wildman–Crippen LogP) is 4.79. The number of nitrogens with one attached hydrogen (secondary N) is 2. The average Bonchev–Trinajstić information content (AvgIpc) is 3.36. The fourth-order valence-electron chi connectivity index (χ4n) is 3.01. The molecule has 0 fully saturated rings. The van der Waals surface area contributed by atoms with Crippen molar-refractivity contribution < 1.29 is 13.9 Å². The highest BCUT2D eigenvalue weighted by Gasteiger charge is 2.13. The Hall–Kier alpha value is -3.85. The van der Waals surface area contributed by atoms with Crippen molar-refractivity contribution >= 4 is 34.9 Å². The molecule has 32 heavy (non-hydrogen) atoms. The number of hydrogen-bond acceptors (Lipinski definition) is 8. The second-order valence-electron chi connectivity index (χ2n) is 6.72. The monoisotopic (exact) mass is 447 g/mol. The molecule has 0 saturated carbocycles.